The van der Waals surface area contributed by atoms with E-state index >= 15 is 0 Å². The molecule has 0 saturated carbocycles. The Morgan fingerprint density at radius 3 is 2.62 bits per heavy atom. The highest BCUT2D eigenvalue weighted by Gasteiger charge is 2.14. The Hall–Kier alpha value is -2.76. The lowest BCUT2D eigenvalue weighted by molar-refractivity contribution is 0.0894. The Kier molecular flexibility index (Phi) is 3.13. The highest BCUT2D eigenvalue weighted by Crippen LogP contribution is 2.14. The topological polar surface area (TPSA) is 80.6 Å². The maximum absolute atomic E-state index is 12.3. The summed E-state index contributed by atoms with van der Waals surface area (Å²) in [7, 11) is 0. The molecule has 0 atom stereocenters. The summed E-state index contributed by atoms with van der Waals surface area (Å²) < 4.78 is 1.37. The van der Waals surface area contributed by atoms with Gasteiger partial charge in [-0.2, -0.15) is 10.2 Å². The van der Waals surface area contributed by atoms with Crippen LogP contribution in [0.15, 0.2) is 35.1 Å². The number of aromatic nitrogens is 4. The van der Waals surface area contributed by atoms with Gasteiger partial charge in [-0.1, -0.05) is 18.2 Å². The van der Waals surface area contributed by atoms with Gasteiger partial charge in [0, 0.05) is 11.1 Å². The number of rotatable bonds is 2. The van der Waals surface area contributed by atoms with Crippen LogP contribution < -0.4 is 5.56 Å². The van der Waals surface area contributed by atoms with Crippen LogP contribution in [-0.4, -0.2) is 25.9 Å². The fourth-order valence-electron chi connectivity index (χ4n) is 2.41. The van der Waals surface area contributed by atoms with Crippen molar-refractivity contribution in [2.24, 2.45) is 0 Å². The maximum Gasteiger partial charge on any atom is 0.272 e. The van der Waals surface area contributed by atoms with Crippen LogP contribution >= 0.6 is 0 Å². The maximum atomic E-state index is 12.3. The second-order valence-corrected chi connectivity index (χ2v) is 4.95. The number of carbonyl (C=O) groups excluding carboxylic acids is 1. The van der Waals surface area contributed by atoms with Crippen LogP contribution in [0.2, 0.25) is 0 Å². The van der Waals surface area contributed by atoms with E-state index in [2.05, 4.69) is 15.3 Å². The van der Waals surface area contributed by atoms with Crippen molar-refractivity contribution in [3.63, 3.8) is 0 Å². The lowest BCUT2D eigenvalue weighted by atomic mass is 10.1. The van der Waals surface area contributed by atoms with Crippen LogP contribution in [-0.2, 0) is 6.42 Å². The number of nitrogens with one attached hydrogen (secondary N) is 1. The molecule has 0 unspecified atom stereocenters. The van der Waals surface area contributed by atoms with Crippen LogP contribution in [0.4, 0.5) is 0 Å². The second kappa shape index (κ2) is 4.97. The predicted octanol–water partition coefficient (Wildman–Crippen LogP) is 1.62. The highest BCUT2D eigenvalue weighted by molar-refractivity contribution is 5.89. The van der Waals surface area contributed by atoms with E-state index in [1.54, 1.807) is 18.2 Å². The fourth-order valence-corrected chi connectivity index (χ4v) is 2.41. The Morgan fingerprint density at radius 2 is 1.95 bits per heavy atom. The average molecular weight is 282 g/mol. The highest BCUT2D eigenvalue weighted by atomic mass is 16.2. The van der Waals surface area contributed by atoms with Gasteiger partial charge in [-0.25, -0.2) is 9.78 Å². The summed E-state index contributed by atoms with van der Waals surface area (Å²) in [5, 5.41) is 11.8. The number of hydrogen-bond acceptors (Lipinski definition) is 4. The molecule has 106 valence electrons. The van der Waals surface area contributed by atoms with Gasteiger partial charge in [-0.3, -0.25) is 9.59 Å². The molecular weight excluding hydrogens is 268 g/mol. The summed E-state index contributed by atoms with van der Waals surface area (Å²) in [6.07, 6.45) is 0.0826. The van der Waals surface area contributed by atoms with Gasteiger partial charge >= 0.3 is 0 Å². The quantitative estimate of drug-likeness (QED) is 0.774. The van der Waals surface area contributed by atoms with Crippen LogP contribution in [0.25, 0.3) is 10.8 Å². The standard InChI is InChI=1S/C15H14N4O2/c1-9-7-10(2)19(18-9)14(20)8-13-11-5-3-4-6-12(11)15(21)17-16-13/h3-7H,8H2,1-2H3,(H,17,21). The number of benzene rings is 1. The number of H-pyrrole nitrogens is 1. The Morgan fingerprint density at radius 1 is 1.24 bits per heavy atom. The molecule has 0 fully saturated rings. The Labute approximate surface area is 120 Å². The minimum absolute atomic E-state index is 0.0826. The summed E-state index contributed by atoms with van der Waals surface area (Å²) in [6.45, 7) is 3.67. The first-order valence-electron chi connectivity index (χ1n) is 6.59. The zero-order chi connectivity index (χ0) is 15.0. The van der Waals surface area contributed by atoms with E-state index in [-0.39, 0.29) is 17.9 Å². The van der Waals surface area contributed by atoms with Crippen molar-refractivity contribution >= 4 is 16.7 Å². The van der Waals surface area contributed by atoms with Gasteiger partial charge in [0.2, 0.25) is 0 Å². The summed E-state index contributed by atoms with van der Waals surface area (Å²) in [4.78, 5) is 24.1. The molecule has 0 amide bonds. The van der Waals surface area contributed by atoms with E-state index in [1.807, 2.05) is 26.0 Å². The molecule has 0 aliphatic rings. The van der Waals surface area contributed by atoms with Gasteiger partial charge in [0.25, 0.3) is 11.5 Å². The lowest BCUT2D eigenvalue weighted by Gasteiger charge is -2.05. The van der Waals surface area contributed by atoms with Crippen molar-refractivity contribution in [1.29, 1.82) is 0 Å². The summed E-state index contributed by atoms with van der Waals surface area (Å²) >= 11 is 0. The zero-order valence-corrected chi connectivity index (χ0v) is 11.8. The van der Waals surface area contributed by atoms with Crippen molar-refractivity contribution in [2.45, 2.75) is 20.3 Å². The molecule has 21 heavy (non-hydrogen) atoms. The van der Waals surface area contributed by atoms with Gasteiger partial charge < -0.3 is 0 Å². The molecule has 3 rings (SSSR count). The van der Waals surface area contributed by atoms with E-state index < -0.39 is 0 Å². The third kappa shape index (κ3) is 2.35. The molecule has 3 aromatic rings. The van der Waals surface area contributed by atoms with E-state index in [9.17, 15) is 9.59 Å². The number of hydrogen-bond donors (Lipinski definition) is 1. The first-order valence-corrected chi connectivity index (χ1v) is 6.59. The molecule has 0 radical (unpaired) electrons. The van der Waals surface area contributed by atoms with Crippen molar-refractivity contribution in [3.8, 4) is 0 Å². The minimum Gasteiger partial charge on any atom is -0.272 e. The molecule has 0 aliphatic heterocycles. The molecule has 6 heteroatoms. The number of carbonyl (C=O) groups is 1. The summed E-state index contributed by atoms with van der Waals surface area (Å²) in [6, 6.07) is 8.95. The second-order valence-electron chi connectivity index (χ2n) is 4.95. The number of aromatic amines is 1. The normalized spacial score (nSPS) is 11.0. The smallest absolute Gasteiger partial charge is 0.272 e. The van der Waals surface area contributed by atoms with Crippen LogP contribution in [0.5, 0.6) is 0 Å². The summed E-state index contributed by atoms with van der Waals surface area (Å²) in [5.41, 5.74) is 1.86. The molecule has 0 bridgehead atoms. The van der Waals surface area contributed by atoms with Crippen LogP contribution in [0.1, 0.15) is 21.9 Å². The molecule has 0 aliphatic carbocycles. The third-order valence-electron chi connectivity index (χ3n) is 3.34. The lowest BCUT2D eigenvalue weighted by Crippen LogP contribution is -2.19. The van der Waals surface area contributed by atoms with Crippen LogP contribution in [0.3, 0.4) is 0 Å². The van der Waals surface area contributed by atoms with Gasteiger partial charge in [0.1, 0.15) is 0 Å². The zero-order valence-electron chi connectivity index (χ0n) is 11.8. The van der Waals surface area contributed by atoms with Gasteiger partial charge in [0.15, 0.2) is 0 Å². The van der Waals surface area contributed by atoms with Gasteiger partial charge in [-0.05, 0) is 26.0 Å². The van der Waals surface area contributed by atoms with E-state index in [0.717, 1.165) is 11.4 Å². The first kappa shape index (κ1) is 13.2. The largest absolute Gasteiger partial charge is 0.272 e. The summed E-state index contributed by atoms with van der Waals surface area (Å²) in [5.74, 6) is -0.176. The number of fused-ring (bicyclic) bond motifs is 1. The van der Waals surface area contributed by atoms with Crippen molar-refractivity contribution < 1.29 is 4.79 Å². The number of nitrogens with zero attached hydrogens (tertiary/aromatic N) is 3. The monoisotopic (exact) mass is 282 g/mol. The van der Waals surface area contributed by atoms with Crippen molar-refractivity contribution in [2.75, 3.05) is 0 Å². The molecule has 1 aromatic carbocycles. The first-order chi connectivity index (χ1) is 10.1. The van der Waals surface area contributed by atoms with E-state index in [4.69, 9.17) is 0 Å². The molecule has 0 saturated heterocycles. The van der Waals surface area contributed by atoms with Crippen molar-refractivity contribution in [3.05, 3.63) is 57.8 Å². The van der Waals surface area contributed by atoms with E-state index in [1.165, 1.54) is 4.68 Å². The molecular formula is C15H14N4O2. The Balaban J connectivity index is 2.03. The molecule has 2 heterocycles. The van der Waals surface area contributed by atoms with Crippen molar-refractivity contribution in [1.82, 2.24) is 20.0 Å². The van der Waals surface area contributed by atoms with E-state index in [0.29, 0.717) is 16.5 Å². The SMILES string of the molecule is Cc1cc(C)n(C(=O)Cc2n[nH]c(=O)c3ccccc23)n1. The third-order valence-corrected chi connectivity index (χ3v) is 3.34. The molecule has 2 aromatic heterocycles. The van der Waals surface area contributed by atoms with Crippen LogP contribution in [0, 0.1) is 13.8 Å². The molecule has 0 spiro atoms. The number of aryl methyl sites for hydroxylation is 2. The minimum atomic E-state index is -0.257. The molecule has 1 N–H and O–H groups in total. The predicted molar refractivity (Wildman–Crippen MR) is 78.4 cm³/mol. The molecule has 6 nitrogen and oxygen atoms in total. The van der Waals surface area contributed by atoms with Gasteiger partial charge in [0.05, 0.1) is 23.2 Å². The van der Waals surface area contributed by atoms with Gasteiger partial charge in [-0.15, -0.1) is 0 Å². The average Bonchev–Trinajstić information content (AvgIpc) is 2.81. The fraction of sp³-hybridized carbons (Fsp3) is 0.200. The Bertz CT molecular complexity index is 892.